The second-order valence-electron chi connectivity index (χ2n) is 3.71. The van der Waals surface area contributed by atoms with Crippen molar-refractivity contribution in [2.75, 3.05) is 19.7 Å². The summed E-state index contributed by atoms with van der Waals surface area (Å²) in [5.74, 6) is 0. The molecule has 0 unspecified atom stereocenters. The van der Waals surface area contributed by atoms with Crippen molar-refractivity contribution in [2.24, 2.45) is 0 Å². The van der Waals surface area contributed by atoms with Gasteiger partial charge in [0.2, 0.25) is 0 Å². The molecule has 0 aliphatic heterocycles. The molecule has 0 saturated heterocycles. The maximum absolute atomic E-state index is 9.49. The zero-order valence-corrected chi connectivity index (χ0v) is 11.6. The molecule has 16 heavy (non-hydrogen) atoms. The standard InChI is InChI=1S/C10H25NO4Si/c1-4-7-9-11(10-8-5-2)15-16(12,13)14-6-3/h12-13H,4-10H2,1-3H3. The van der Waals surface area contributed by atoms with Crippen LogP contribution in [0.4, 0.5) is 0 Å². The number of hydrogen-bond acceptors (Lipinski definition) is 5. The monoisotopic (exact) mass is 251 g/mol. The minimum Gasteiger partial charge on any atom is -0.367 e. The fourth-order valence-electron chi connectivity index (χ4n) is 1.25. The molecule has 6 heteroatoms. The minimum atomic E-state index is -3.94. The van der Waals surface area contributed by atoms with Crippen molar-refractivity contribution in [3.05, 3.63) is 0 Å². The van der Waals surface area contributed by atoms with Gasteiger partial charge in [0.05, 0.1) is 0 Å². The number of nitrogens with zero attached hydrogens (tertiary/aromatic N) is 1. The van der Waals surface area contributed by atoms with E-state index in [1.807, 2.05) is 0 Å². The van der Waals surface area contributed by atoms with E-state index in [-0.39, 0.29) is 6.61 Å². The van der Waals surface area contributed by atoms with Crippen LogP contribution in [0.1, 0.15) is 46.5 Å². The van der Waals surface area contributed by atoms with Crippen molar-refractivity contribution in [3.63, 3.8) is 0 Å². The van der Waals surface area contributed by atoms with Gasteiger partial charge in [-0.1, -0.05) is 26.7 Å². The van der Waals surface area contributed by atoms with Gasteiger partial charge in [-0.3, -0.25) is 4.53 Å². The molecule has 0 aromatic carbocycles. The van der Waals surface area contributed by atoms with E-state index in [2.05, 4.69) is 13.8 Å². The quantitative estimate of drug-likeness (QED) is 0.452. The Hall–Kier alpha value is 0.0169. The average Bonchev–Trinajstić information content (AvgIpc) is 2.21. The zero-order chi connectivity index (χ0) is 12.4. The molecule has 0 heterocycles. The van der Waals surface area contributed by atoms with E-state index in [0.29, 0.717) is 13.1 Å². The van der Waals surface area contributed by atoms with Crippen molar-refractivity contribution in [1.29, 1.82) is 0 Å². The highest BCUT2D eigenvalue weighted by molar-refractivity contribution is 6.50. The van der Waals surface area contributed by atoms with Gasteiger partial charge in [-0.15, -0.1) is 0 Å². The van der Waals surface area contributed by atoms with E-state index in [4.69, 9.17) is 8.95 Å². The van der Waals surface area contributed by atoms with Crippen LogP contribution < -0.4 is 0 Å². The van der Waals surface area contributed by atoms with Crippen molar-refractivity contribution in [3.8, 4) is 0 Å². The van der Waals surface area contributed by atoms with Crippen LogP contribution >= 0.6 is 0 Å². The Bertz CT molecular complexity index is 161. The molecule has 0 aliphatic rings. The molecule has 2 N–H and O–H groups in total. The van der Waals surface area contributed by atoms with E-state index in [1.165, 1.54) is 0 Å². The second kappa shape index (κ2) is 9.09. The van der Waals surface area contributed by atoms with Crippen LogP contribution in [0.3, 0.4) is 0 Å². The Labute approximate surface area is 99.4 Å². The zero-order valence-electron chi connectivity index (χ0n) is 10.6. The van der Waals surface area contributed by atoms with Crippen LogP contribution in [-0.4, -0.2) is 43.4 Å². The van der Waals surface area contributed by atoms with Crippen LogP contribution in [-0.2, 0) is 8.95 Å². The van der Waals surface area contributed by atoms with Crippen LogP contribution in [0.5, 0.6) is 0 Å². The number of hydrogen-bond donors (Lipinski definition) is 2. The molecule has 0 aromatic rings. The second-order valence-corrected chi connectivity index (χ2v) is 5.28. The average molecular weight is 251 g/mol. The third-order valence-corrected chi connectivity index (χ3v) is 3.26. The van der Waals surface area contributed by atoms with Gasteiger partial charge in [-0.05, 0) is 19.8 Å². The van der Waals surface area contributed by atoms with Gasteiger partial charge in [0.25, 0.3) is 0 Å². The molecule has 0 rings (SSSR count). The Balaban J connectivity index is 4.06. The van der Waals surface area contributed by atoms with Crippen molar-refractivity contribution >= 4 is 9.05 Å². The van der Waals surface area contributed by atoms with E-state index < -0.39 is 9.05 Å². The lowest BCUT2D eigenvalue weighted by molar-refractivity contribution is -0.146. The topological polar surface area (TPSA) is 62.2 Å². The van der Waals surface area contributed by atoms with Gasteiger partial charge >= 0.3 is 9.05 Å². The molecule has 0 radical (unpaired) electrons. The first kappa shape index (κ1) is 16.0. The summed E-state index contributed by atoms with van der Waals surface area (Å²) in [6, 6.07) is 0. The molecule has 0 atom stereocenters. The highest BCUT2D eigenvalue weighted by atomic mass is 28.4. The van der Waals surface area contributed by atoms with Crippen LogP contribution in [0, 0.1) is 0 Å². The van der Waals surface area contributed by atoms with E-state index in [9.17, 15) is 9.59 Å². The van der Waals surface area contributed by atoms with Gasteiger partial charge < -0.3 is 14.0 Å². The molecule has 0 spiro atoms. The number of rotatable bonds is 10. The van der Waals surface area contributed by atoms with Crippen LogP contribution in [0.15, 0.2) is 0 Å². The number of unbranched alkanes of at least 4 members (excludes halogenated alkanes) is 2. The molecular weight excluding hydrogens is 226 g/mol. The molecule has 0 aromatic heterocycles. The Kier molecular flexibility index (Phi) is 9.10. The Morgan fingerprint density at radius 1 is 1.00 bits per heavy atom. The lowest BCUT2D eigenvalue weighted by atomic mass is 10.3. The molecular formula is C10H25NO4Si. The van der Waals surface area contributed by atoms with Crippen LogP contribution in [0.2, 0.25) is 0 Å². The predicted molar refractivity (Wildman–Crippen MR) is 64.3 cm³/mol. The SMILES string of the molecule is CCCCN(CCCC)O[Si](O)(O)OCC. The molecule has 0 saturated carbocycles. The molecule has 98 valence electrons. The summed E-state index contributed by atoms with van der Waals surface area (Å²) in [4.78, 5) is 19.0. The van der Waals surface area contributed by atoms with Gasteiger partial charge in [0.1, 0.15) is 0 Å². The minimum absolute atomic E-state index is 0.245. The summed E-state index contributed by atoms with van der Waals surface area (Å²) < 4.78 is 9.95. The highest BCUT2D eigenvalue weighted by Crippen LogP contribution is 2.06. The first-order valence-electron chi connectivity index (χ1n) is 6.08. The third kappa shape index (κ3) is 8.20. The largest absolute Gasteiger partial charge is 0.691 e. The summed E-state index contributed by atoms with van der Waals surface area (Å²) in [5.41, 5.74) is 0. The Morgan fingerprint density at radius 3 is 1.88 bits per heavy atom. The first-order valence-corrected chi connectivity index (χ1v) is 7.79. The fourth-order valence-corrected chi connectivity index (χ4v) is 2.20. The summed E-state index contributed by atoms with van der Waals surface area (Å²) >= 11 is 0. The van der Waals surface area contributed by atoms with E-state index >= 15 is 0 Å². The van der Waals surface area contributed by atoms with E-state index in [1.54, 1.807) is 12.0 Å². The maximum Gasteiger partial charge on any atom is 0.691 e. The highest BCUT2D eigenvalue weighted by Gasteiger charge is 2.38. The summed E-state index contributed by atoms with van der Waals surface area (Å²) in [6.45, 7) is 7.54. The normalized spacial score (nSPS) is 12.4. The molecule has 5 nitrogen and oxygen atoms in total. The molecule has 0 bridgehead atoms. The summed E-state index contributed by atoms with van der Waals surface area (Å²) in [6.07, 6.45) is 4.04. The Morgan fingerprint density at radius 2 is 1.50 bits per heavy atom. The summed E-state index contributed by atoms with van der Waals surface area (Å²) in [5, 5.41) is 1.62. The van der Waals surface area contributed by atoms with Crippen molar-refractivity contribution in [2.45, 2.75) is 46.5 Å². The third-order valence-electron chi connectivity index (χ3n) is 2.10. The van der Waals surface area contributed by atoms with Gasteiger partial charge in [0, 0.05) is 19.7 Å². The lowest BCUT2D eigenvalue weighted by Gasteiger charge is -2.26. The maximum atomic E-state index is 9.49. The molecule has 0 fully saturated rings. The van der Waals surface area contributed by atoms with Gasteiger partial charge in [0.15, 0.2) is 0 Å². The molecule has 0 amide bonds. The summed E-state index contributed by atoms with van der Waals surface area (Å²) in [7, 11) is -3.94. The molecule has 0 aliphatic carbocycles. The van der Waals surface area contributed by atoms with Crippen molar-refractivity contribution < 1.29 is 18.5 Å². The number of hydroxylamine groups is 2. The van der Waals surface area contributed by atoms with Crippen LogP contribution in [0.25, 0.3) is 0 Å². The predicted octanol–water partition coefficient (Wildman–Crippen LogP) is 1.28. The smallest absolute Gasteiger partial charge is 0.367 e. The van der Waals surface area contributed by atoms with Gasteiger partial charge in [-0.2, -0.15) is 5.06 Å². The van der Waals surface area contributed by atoms with E-state index in [0.717, 1.165) is 25.7 Å². The lowest BCUT2D eigenvalue weighted by Crippen LogP contribution is -2.49. The first-order chi connectivity index (χ1) is 7.55. The van der Waals surface area contributed by atoms with Gasteiger partial charge in [-0.25, -0.2) is 0 Å². The fraction of sp³-hybridized carbons (Fsp3) is 1.00. The van der Waals surface area contributed by atoms with Crippen molar-refractivity contribution in [1.82, 2.24) is 5.06 Å².